The van der Waals surface area contributed by atoms with Gasteiger partial charge in [0.1, 0.15) is 0 Å². The van der Waals surface area contributed by atoms with E-state index in [0.29, 0.717) is 12.1 Å². The molecule has 0 amide bonds. The number of hydrogen-bond donors (Lipinski definition) is 3. The highest BCUT2D eigenvalue weighted by atomic mass is 79.9. The average molecular weight is 260 g/mol. The van der Waals surface area contributed by atoms with E-state index in [1.54, 1.807) is 12.4 Å². The van der Waals surface area contributed by atoms with Gasteiger partial charge in [-0.2, -0.15) is 0 Å². The third-order valence-corrected chi connectivity index (χ3v) is 2.48. The standard InChI is InChI=1S/C9H14BrN3O/c1-6(2-3-14)13-9-7(10)4-12-5-8(9)11/h4-6,14H,2-3,11H2,1H3,(H,12,13). The summed E-state index contributed by atoms with van der Waals surface area (Å²) in [6.45, 7) is 2.15. The maximum atomic E-state index is 8.76. The number of nitrogen functional groups attached to an aromatic ring is 1. The summed E-state index contributed by atoms with van der Waals surface area (Å²) in [5, 5.41) is 12.0. The van der Waals surface area contributed by atoms with Crippen LogP contribution in [0.2, 0.25) is 0 Å². The SMILES string of the molecule is CC(CCO)Nc1c(N)cncc1Br. The molecule has 0 aliphatic carbocycles. The smallest absolute Gasteiger partial charge is 0.0752 e. The summed E-state index contributed by atoms with van der Waals surface area (Å²) in [7, 11) is 0. The number of anilines is 2. The molecule has 1 heterocycles. The quantitative estimate of drug-likeness (QED) is 0.769. The first-order chi connectivity index (χ1) is 6.65. The predicted molar refractivity (Wildman–Crippen MR) is 61.1 cm³/mol. The Morgan fingerprint density at radius 3 is 2.93 bits per heavy atom. The molecule has 1 unspecified atom stereocenters. The lowest BCUT2D eigenvalue weighted by Gasteiger charge is -2.16. The Morgan fingerprint density at radius 2 is 2.36 bits per heavy atom. The van der Waals surface area contributed by atoms with E-state index >= 15 is 0 Å². The maximum Gasteiger partial charge on any atom is 0.0752 e. The molecule has 0 fully saturated rings. The van der Waals surface area contributed by atoms with E-state index in [4.69, 9.17) is 10.8 Å². The third kappa shape index (κ3) is 2.85. The Kier molecular flexibility index (Phi) is 4.16. The van der Waals surface area contributed by atoms with E-state index in [1.807, 2.05) is 6.92 Å². The van der Waals surface area contributed by atoms with Gasteiger partial charge < -0.3 is 16.2 Å². The van der Waals surface area contributed by atoms with Crippen molar-refractivity contribution in [3.8, 4) is 0 Å². The minimum absolute atomic E-state index is 0.163. The zero-order valence-electron chi connectivity index (χ0n) is 8.00. The molecule has 0 aliphatic rings. The molecule has 14 heavy (non-hydrogen) atoms. The largest absolute Gasteiger partial charge is 0.396 e. The minimum Gasteiger partial charge on any atom is -0.396 e. The molecule has 0 saturated heterocycles. The van der Waals surface area contributed by atoms with E-state index in [0.717, 1.165) is 10.2 Å². The Labute approximate surface area is 91.7 Å². The summed E-state index contributed by atoms with van der Waals surface area (Å²) in [6.07, 6.45) is 3.97. The normalized spacial score (nSPS) is 12.5. The lowest BCUT2D eigenvalue weighted by molar-refractivity contribution is 0.282. The molecule has 0 aromatic carbocycles. The number of hydrogen-bond acceptors (Lipinski definition) is 4. The van der Waals surface area contributed by atoms with Crippen LogP contribution in [0.25, 0.3) is 0 Å². The van der Waals surface area contributed by atoms with Gasteiger partial charge in [0, 0.05) is 18.8 Å². The van der Waals surface area contributed by atoms with Gasteiger partial charge in [-0.15, -0.1) is 0 Å². The molecular weight excluding hydrogens is 246 g/mol. The van der Waals surface area contributed by atoms with Gasteiger partial charge in [0.05, 0.1) is 22.0 Å². The number of aliphatic hydroxyl groups excluding tert-OH is 1. The summed E-state index contributed by atoms with van der Waals surface area (Å²) in [5.41, 5.74) is 7.18. The van der Waals surface area contributed by atoms with E-state index in [2.05, 4.69) is 26.2 Å². The van der Waals surface area contributed by atoms with Crippen LogP contribution in [0, 0.1) is 0 Å². The summed E-state index contributed by atoms with van der Waals surface area (Å²) >= 11 is 3.36. The number of nitrogens with zero attached hydrogens (tertiary/aromatic N) is 1. The number of nitrogens with two attached hydrogens (primary N) is 1. The lowest BCUT2D eigenvalue weighted by atomic mass is 10.2. The van der Waals surface area contributed by atoms with Gasteiger partial charge in [0.2, 0.25) is 0 Å². The van der Waals surface area contributed by atoms with Gasteiger partial charge in [0.25, 0.3) is 0 Å². The highest BCUT2D eigenvalue weighted by molar-refractivity contribution is 9.10. The van der Waals surface area contributed by atoms with E-state index in [9.17, 15) is 0 Å². The first kappa shape index (κ1) is 11.3. The minimum atomic E-state index is 0.163. The highest BCUT2D eigenvalue weighted by Crippen LogP contribution is 2.27. The molecule has 4 N–H and O–H groups in total. The van der Waals surface area contributed by atoms with Crippen LogP contribution in [0.5, 0.6) is 0 Å². The number of aromatic nitrogens is 1. The summed E-state index contributed by atoms with van der Waals surface area (Å²) in [5.74, 6) is 0. The first-order valence-electron chi connectivity index (χ1n) is 4.41. The molecule has 0 radical (unpaired) electrons. The molecule has 1 aromatic heterocycles. The number of aliphatic hydroxyl groups is 1. The summed E-state index contributed by atoms with van der Waals surface area (Å²) < 4.78 is 0.835. The van der Waals surface area contributed by atoms with E-state index < -0.39 is 0 Å². The topological polar surface area (TPSA) is 71.2 Å². The van der Waals surface area contributed by atoms with Crippen molar-refractivity contribution >= 4 is 27.3 Å². The highest BCUT2D eigenvalue weighted by Gasteiger charge is 2.07. The molecular formula is C9H14BrN3O. The van der Waals surface area contributed by atoms with Crippen LogP contribution in [0.1, 0.15) is 13.3 Å². The predicted octanol–water partition coefficient (Wildman–Crippen LogP) is 1.61. The van der Waals surface area contributed by atoms with Crippen LogP contribution in [-0.2, 0) is 0 Å². The van der Waals surface area contributed by atoms with Crippen molar-refractivity contribution in [1.29, 1.82) is 0 Å². The molecule has 0 saturated carbocycles. The Balaban J connectivity index is 2.75. The van der Waals surface area contributed by atoms with Crippen molar-refractivity contribution in [2.75, 3.05) is 17.7 Å². The second kappa shape index (κ2) is 5.17. The monoisotopic (exact) mass is 259 g/mol. The van der Waals surface area contributed by atoms with Crippen molar-refractivity contribution in [3.05, 3.63) is 16.9 Å². The molecule has 0 bridgehead atoms. The molecule has 1 aromatic rings. The van der Waals surface area contributed by atoms with Gasteiger partial charge in [0.15, 0.2) is 0 Å². The van der Waals surface area contributed by atoms with Gasteiger partial charge in [-0.1, -0.05) is 0 Å². The van der Waals surface area contributed by atoms with Gasteiger partial charge in [-0.3, -0.25) is 4.98 Å². The Morgan fingerprint density at radius 1 is 1.64 bits per heavy atom. The van der Waals surface area contributed by atoms with Crippen molar-refractivity contribution < 1.29 is 5.11 Å². The van der Waals surface area contributed by atoms with Gasteiger partial charge in [-0.25, -0.2) is 0 Å². The van der Waals surface area contributed by atoms with Crippen molar-refractivity contribution in [1.82, 2.24) is 4.98 Å². The second-order valence-corrected chi connectivity index (χ2v) is 4.00. The number of halogens is 1. The average Bonchev–Trinajstić information content (AvgIpc) is 2.12. The second-order valence-electron chi connectivity index (χ2n) is 3.14. The maximum absolute atomic E-state index is 8.76. The fourth-order valence-corrected chi connectivity index (χ4v) is 1.58. The van der Waals surface area contributed by atoms with Crippen LogP contribution >= 0.6 is 15.9 Å². The molecule has 1 rings (SSSR count). The Bertz CT molecular complexity index is 286. The molecule has 1 atom stereocenters. The Hall–Kier alpha value is -0.810. The fourth-order valence-electron chi connectivity index (χ4n) is 1.11. The lowest BCUT2D eigenvalue weighted by Crippen LogP contribution is -2.17. The molecule has 5 heteroatoms. The van der Waals surface area contributed by atoms with Crippen molar-refractivity contribution in [2.45, 2.75) is 19.4 Å². The van der Waals surface area contributed by atoms with Crippen molar-refractivity contribution in [3.63, 3.8) is 0 Å². The molecule has 0 aliphatic heterocycles. The van der Waals surface area contributed by atoms with Crippen LogP contribution < -0.4 is 11.1 Å². The summed E-state index contributed by atoms with van der Waals surface area (Å²) in [6, 6.07) is 0.181. The van der Waals surface area contributed by atoms with E-state index in [1.165, 1.54) is 0 Å². The number of nitrogens with one attached hydrogen (secondary N) is 1. The third-order valence-electron chi connectivity index (χ3n) is 1.88. The van der Waals surface area contributed by atoms with Gasteiger partial charge in [-0.05, 0) is 29.3 Å². The van der Waals surface area contributed by atoms with Crippen molar-refractivity contribution in [2.24, 2.45) is 0 Å². The van der Waals surface area contributed by atoms with Gasteiger partial charge >= 0.3 is 0 Å². The zero-order chi connectivity index (χ0) is 10.6. The first-order valence-corrected chi connectivity index (χ1v) is 5.20. The van der Waals surface area contributed by atoms with Crippen LogP contribution in [0.4, 0.5) is 11.4 Å². The molecule has 0 spiro atoms. The fraction of sp³-hybridized carbons (Fsp3) is 0.444. The van der Waals surface area contributed by atoms with Crippen LogP contribution in [0.15, 0.2) is 16.9 Å². The summed E-state index contributed by atoms with van der Waals surface area (Å²) in [4.78, 5) is 3.94. The van der Waals surface area contributed by atoms with Crippen LogP contribution in [-0.4, -0.2) is 22.7 Å². The number of pyridine rings is 1. The van der Waals surface area contributed by atoms with Crippen LogP contribution in [0.3, 0.4) is 0 Å². The number of rotatable bonds is 4. The molecule has 4 nitrogen and oxygen atoms in total. The molecule has 78 valence electrons. The zero-order valence-corrected chi connectivity index (χ0v) is 9.58. The van der Waals surface area contributed by atoms with E-state index in [-0.39, 0.29) is 12.6 Å².